The highest BCUT2D eigenvalue weighted by atomic mass is 19.2. The van der Waals surface area contributed by atoms with Crippen molar-refractivity contribution < 1.29 is 32.2 Å². The first-order chi connectivity index (χ1) is 14.0. The molecule has 29 heavy (non-hydrogen) atoms. The van der Waals surface area contributed by atoms with E-state index >= 15 is 0 Å². The molecule has 1 aliphatic heterocycles. The second-order valence-electron chi connectivity index (χ2n) is 7.47. The fourth-order valence-electron chi connectivity index (χ4n) is 3.62. The van der Waals surface area contributed by atoms with Crippen molar-refractivity contribution in [2.24, 2.45) is 0 Å². The molecule has 1 atom stereocenters. The van der Waals surface area contributed by atoms with Gasteiger partial charge in [0.2, 0.25) is 0 Å². The van der Waals surface area contributed by atoms with Crippen LogP contribution in [0.3, 0.4) is 0 Å². The van der Waals surface area contributed by atoms with Crippen molar-refractivity contribution in [3.63, 3.8) is 0 Å². The largest absolute Gasteiger partial charge is 0.423 e. The third kappa shape index (κ3) is 4.97. The first kappa shape index (κ1) is 19.9. The van der Waals surface area contributed by atoms with Gasteiger partial charge in [-0.1, -0.05) is 12.1 Å². The van der Waals surface area contributed by atoms with E-state index in [1.807, 2.05) is 12.1 Å². The fraction of sp³-hybridized carbons (Fsp3) is 0.409. The lowest BCUT2D eigenvalue weighted by Gasteiger charge is -2.28. The summed E-state index contributed by atoms with van der Waals surface area (Å²) in [4.78, 5) is 12.2. The highest BCUT2D eigenvalue weighted by molar-refractivity contribution is 5.91. The monoisotopic (exact) mass is 406 g/mol. The van der Waals surface area contributed by atoms with Crippen LogP contribution in [0.1, 0.15) is 47.5 Å². The summed E-state index contributed by atoms with van der Waals surface area (Å²) >= 11 is 0. The Labute approximate surface area is 166 Å². The van der Waals surface area contributed by atoms with E-state index in [9.17, 15) is 18.0 Å². The van der Waals surface area contributed by atoms with E-state index in [2.05, 4.69) is 0 Å². The van der Waals surface area contributed by atoms with Gasteiger partial charge in [0.05, 0.1) is 24.9 Å². The molecule has 2 aromatic carbocycles. The molecule has 0 aromatic heterocycles. The van der Waals surface area contributed by atoms with Crippen LogP contribution in [0, 0.1) is 17.5 Å². The lowest BCUT2D eigenvalue weighted by molar-refractivity contribution is 0.0165. The maximum absolute atomic E-state index is 13.2. The van der Waals surface area contributed by atoms with Crippen molar-refractivity contribution in [1.29, 1.82) is 0 Å². The smallest absolute Gasteiger partial charge is 0.343 e. The van der Waals surface area contributed by atoms with Crippen LogP contribution >= 0.6 is 0 Å². The predicted octanol–water partition coefficient (Wildman–Crippen LogP) is 4.76. The van der Waals surface area contributed by atoms with E-state index in [0.29, 0.717) is 24.7 Å². The normalized spacial score (nSPS) is 23.6. The van der Waals surface area contributed by atoms with Crippen LogP contribution in [-0.4, -0.2) is 31.4 Å². The number of epoxide rings is 1. The molecule has 4 rings (SSSR count). The molecular weight excluding hydrogens is 385 g/mol. The summed E-state index contributed by atoms with van der Waals surface area (Å²) in [6, 6.07) is 8.27. The SMILES string of the molecule is O=C(Oc1cc(F)c(F)c(F)c1)c1ccc(C2CCC(OCC3CO3)CC2)cc1. The first-order valence-corrected chi connectivity index (χ1v) is 9.69. The molecule has 1 heterocycles. The highest BCUT2D eigenvalue weighted by Gasteiger charge is 2.27. The minimum atomic E-state index is -1.60. The zero-order valence-corrected chi connectivity index (χ0v) is 15.7. The zero-order valence-electron chi connectivity index (χ0n) is 15.7. The Hall–Kier alpha value is -2.38. The lowest BCUT2D eigenvalue weighted by Crippen LogP contribution is -2.22. The number of carbonyl (C=O) groups excluding carboxylic acids is 1. The molecule has 154 valence electrons. The molecule has 0 N–H and O–H groups in total. The molecule has 1 saturated heterocycles. The zero-order chi connectivity index (χ0) is 20.4. The summed E-state index contributed by atoms with van der Waals surface area (Å²) in [6.45, 7) is 1.48. The van der Waals surface area contributed by atoms with Crippen molar-refractivity contribution in [3.8, 4) is 5.75 Å². The van der Waals surface area contributed by atoms with Gasteiger partial charge in [-0.2, -0.15) is 0 Å². The average molecular weight is 406 g/mol. The molecule has 0 radical (unpaired) electrons. The molecule has 4 nitrogen and oxygen atoms in total. The summed E-state index contributed by atoms with van der Waals surface area (Å²) in [7, 11) is 0. The van der Waals surface area contributed by atoms with Crippen molar-refractivity contribution in [1.82, 2.24) is 0 Å². The van der Waals surface area contributed by atoms with Gasteiger partial charge < -0.3 is 14.2 Å². The minimum Gasteiger partial charge on any atom is -0.423 e. The molecule has 7 heteroatoms. The quantitative estimate of drug-likeness (QED) is 0.300. The van der Waals surface area contributed by atoms with Crippen LogP contribution < -0.4 is 4.74 Å². The Balaban J connectivity index is 1.32. The lowest BCUT2D eigenvalue weighted by atomic mass is 9.82. The molecule has 0 spiro atoms. The van der Waals surface area contributed by atoms with E-state index < -0.39 is 23.4 Å². The van der Waals surface area contributed by atoms with Crippen LogP contribution in [0.4, 0.5) is 13.2 Å². The molecule has 2 aliphatic rings. The molecule has 1 aliphatic carbocycles. The summed E-state index contributed by atoms with van der Waals surface area (Å²) in [6.07, 6.45) is 4.55. The molecule has 1 saturated carbocycles. The Bertz CT molecular complexity index is 849. The maximum atomic E-state index is 13.2. The highest BCUT2D eigenvalue weighted by Crippen LogP contribution is 2.34. The van der Waals surface area contributed by atoms with E-state index in [-0.39, 0.29) is 23.5 Å². The van der Waals surface area contributed by atoms with Crippen molar-refractivity contribution in [3.05, 3.63) is 65.0 Å². The van der Waals surface area contributed by atoms with Crippen LogP contribution in [-0.2, 0) is 9.47 Å². The summed E-state index contributed by atoms with van der Waals surface area (Å²) in [5.74, 6) is -5.17. The van der Waals surface area contributed by atoms with Gasteiger partial charge >= 0.3 is 5.97 Å². The number of carbonyl (C=O) groups is 1. The molecule has 0 amide bonds. The fourth-order valence-corrected chi connectivity index (χ4v) is 3.62. The summed E-state index contributed by atoms with van der Waals surface area (Å²) in [5.41, 5.74) is 1.38. The van der Waals surface area contributed by atoms with E-state index in [1.165, 1.54) is 0 Å². The van der Waals surface area contributed by atoms with Gasteiger partial charge in [0.15, 0.2) is 17.5 Å². The molecule has 2 aromatic rings. The Morgan fingerprint density at radius 2 is 1.62 bits per heavy atom. The average Bonchev–Trinajstić information content (AvgIpc) is 3.55. The number of hydrogen-bond donors (Lipinski definition) is 0. The first-order valence-electron chi connectivity index (χ1n) is 9.69. The van der Waals surface area contributed by atoms with Gasteiger partial charge in [-0.3, -0.25) is 0 Å². The van der Waals surface area contributed by atoms with Gasteiger partial charge in [-0.25, -0.2) is 18.0 Å². The van der Waals surface area contributed by atoms with Crippen molar-refractivity contribution >= 4 is 5.97 Å². The number of esters is 1. The number of rotatable bonds is 6. The van der Waals surface area contributed by atoms with Crippen LogP contribution in [0.2, 0.25) is 0 Å². The summed E-state index contributed by atoms with van der Waals surface area (Å²) < 4.78 is 55.5. The maximum Gasteiger partial charge on any atom is 0.343 e. The van der Waals surface area contributed by atoms with Gasteiger partial charge in [0.25, 0.3) is 0 Å². The Kier molecular flexibility index (Phi) is 5.87. The number of hydrogen-bond acceptors (Lipinski definition) is 4. The van der Waals surface area contributed by atoms with Crippen molar-refractivity contribution in [2.75, 3.05) is 13.2 Å². The third-order valence-electron chi connectivity index (χ3n) is 5.38. The number of ether oxygens (including phenoxy) is 3. The predicted molar refractivity (Wildman–Crippen MR) is 98.4 cm³/mol. The Morgan fingerprint density at radius 1 is 1.00 bits per heavy atom. The standard InChI is InChI=1S/C22H21F3O4/c23-19-9-17(10-20(24)21(19)25)29-22(26)15-3-1-13(2-4-15)14-5-7-16(8-6-14)27-11-18-12-28-18/h1-4,9-10,14,16,18H,5-8,11-12H2. The van der Waals surface area contributed by atoms with Gasteiger partial charge in [0.1, 0.15) is 11.9 Å². The second-order valence-corrected chi connectivity index (χ2v) is 7.47. The van der Waals surface area contributed by atoms with Crippen molar-refractivity contribution in [2.45, 2.75) is 43.8 Å². The van der Waals surface area contributed by atoms with Crippen LogP contribution in [0.5, 0.6) is 5.75 Å². The van der Waals surface area contributed by atoms with Crippen LogP contribution in [0.25, 0.3) is 0 Å². The van der Waals surface area contributed by atoms with Crippen LogP contribution in [0.15, 0.2) is 36.4 Å². The molecule has 0 bridgehead atoms. The topological polar surface area (TPSA) is 48.1 Å². The van der Waals surface area contributed by atoms with Gasteiger partial charge in [0, 0.05) is 12.1 Å². The Morgan fingerprint density at radius 3 is 2.21 bits per heavy atom. The second kappa shape index (κ2) is 8.55. The molecule has 2 fully saturated rings. The molecule has 1 unspecified atom stereocenters. The van der Waals surface area contributed by atoms with E-state index in [1.54, 1.807) is 12.1 Å². The van der Waals surface area contributed by atoms with Gasteiger partial charge in [-0.05, 0) is 49.3 Å². The van der Waals surface area contributed by atoms with E-state index in [0.717, 1.165) is 37.9 Å². The summed E-state index contributed by atoms with van der Waals surface area (Å²) in [5, 5.41) is 0. The van der Waals surface area contributed by atoms with E-state index in [4.69, 9.17) is 14.2 Å². The third-order valence-corrected chi connectivity index (χ3v) is 5.38. The molecular formula is C22H21F3O4. The number of benzene rings is 2. The number of halogens is 3. The minimum absolute atomic E-state index is 0.250. The van der Waals surface area contributed by atoms with Gasteiger partial charge in [-0.15, -0.1) is 0 Å².